The van der Waals surface area contributed by atoms with Gasteiger partial charge in [0, 0.05) is 31.6 Å². The minimum Gasteiger partial charge on any atom is -0.489 e. The Morgan fingerprint density at radius 3 is 2.46 bits per heavy atom. The molecule has 0 bridgehead atoms. The molecule has 1 saturated carbocycles. The highest BCUT2D eigenvalue weighted by Gasteiger charge is 2.39. The molecule has 41 heavy (non-hydrogen) atoms. The third kappa shape index (κ3) is 11.3. The van der Waals surface area contributed by atoms with Crippen molar-refractivity contribution in [2.24, 2.45) is 17.8 Å². The molecule has 1 aliphatic rings. The van der Waals surface area contributed by atoms with Gasteiger partial charge < -0.3 is 24.8 Å². The Labute approximate surface area is 238 Å². The molecular formula is C31H35F3O7. The summed E-state index contributed by atoms with van der Waals surface area (Å²) in [5, 5.41) is 29.8. The fraction of sp³-hybridized carbons (Fsp3) is 0.484. The Bertz CT molecular complexity index is 1130. The number of aliphatic hydroxyl groups is 2. The van der Waals surface area contributed by atoms with Crippen LogP contribution in [0.5, 0.6) is 5.75 Å². The van der Waals surface area contributed by atoms with Crippen molar-refractivity contribution in [3.05, 3.63) is 54.1 Å². The number of aliphatic hydroxyl groups excluding tert-OH is 2. The van der Waals surface area contributed by atoms with Gasteiger partial charge in [0.2, 0.25) is 0 Å². The first-order valence-electron chi connectivity index (χ1n) is 13.2. The maximum atomic E-state index is 13.1. The summed E-state index contributed by atoms with van der Waals surface area (Å²) in [6, 6.07) is 4.27. The lowest BCUT2D eigenvalue weighted by Crippen LogP contribution is -2.28. The van der Waals surface area contributed by atoms with Crippen molar-refractivity contribution in [1.82, 2.24) is 0 Å². The largest absolute Gasteiger partial charge is 0.489 e. The van der Waals surface area contributed by atoms with E-state index in [1.165, 1.54) is 18.2 Å². The number of carboxylic acids is 1. The lowest BCUT2D eigenvalue weighted by Gasteiger charge is -2.22. The van der Waals surface area contributed by atoms with E-state index in [1.54, 1.807) is 6.08 Å². The monoisotopic (exact) mass is 576 g/mol. The number of hydrogen-bond acceptors (Lipinski definition) is 6. The predicted molar refractivity (Wildman–Crippen MR) is 145 cm³/mol. The SMILES string of the molecule is C#CCC(CC#C)C(=O)O[C@H](/C=C/[C@@H]1[C@@H](C/C=C/CCCC(=O)O)[C@@H](O)C[C@H]1O)COc1cccc(C(F)(F)F)c1. The molecule has 1 aliphatic carbocycles. The molecule has 222 valence electrons. The highest BCUT2D eigenvalue weighted by atomic mass is 19.4. The molecule has 0 unspecified atom stereocenters. The van der Waals surface area contributed by atoms with Crippen LogP contribution in [0.3, 0.4) is 0 Å². The molecule has 1 aromatic carbocycles. The van der Waals surface area contributed by atoms with Crippen LogP contribution in [0.15, 0.2) is 48.6 Å². The van der Waals surface area contributed by atoms with Gasteiger partial charge in [-0.25, -0.2) is 0 Å². The number of esters is 1. The first-order valence-corrected chi connectivity index (χ1v) is 13.2. The van der Waals surface area contributed by atoms with Crippen molar-refractivity contribution in [1.29, 1.82) is 0 Å². The molecule has 0 heterocycles. The Kier molecular flexibility index (Phi) is 13.5. The van der Waals surface area contributed by atoms with E-state index < -0.39 is 53.8 Å². The number of unbranched alkanes of at least 4 members (excludes halogenated alkanes) is 1. The first-order chi connectivity index (χ1) is 19.5. The number of halogens is 3. The molecule has 0 aromatic heterocycles. The van der Waals surface area contributed by atoms with Crippen LogP contribution in [0.4, 0.5) is 13.2 Å². The van der Waals surface area contributed by atoms with Crippen molar-refractivity contribution in [2.45, 2.75) is 69.4 Å². The molecule has 0 spiro atoms. The maximum absolute atomic E-state index is 13.1. The molecule has 5 atom stereocenters. The van der Waals surface area contributed by atoms with Gasteiger partial charge in [-0.15, -0.1) is 24.7 Å². The summed E-state index contributed by atoms with van der Waals surface area (Å²) in [6.07, 6.45) is 11.8. The zero-order valence-electron chi connectivity index (χ0n) is 22.5. The second-order valence-corrected chi connectivity index (χ2v) is 9.81. The average molecular weight is 577 g/mol. The average Bonchev–Trinajstić information content (AvgIpc) is 3.18. The second kappa shape index (κ2) is 16.5. The molecule has 0 saturated heterocycles. The number of rotatable bonds is 15. The van der Waals surface area contributed by atoms with Gasteiger partial charge in [-0.05, 0) is 49.5 Å². The van der Waals surface area contributed by atoms with Crippen LogP contribution < -0.4 is 4.74 Å². The molecule has 1 fully saturated rings. The van der Waals surface area contributed by atoms with Gasteiger partial charge in [-0.3, -0.25) is 9.59 Å². The van der Waals surface area contributed by atoms with Crippen LogP contribution in [0, 0.1) is 42.4 Å². The van der Waals surface area contributed by atoms with E-state index in [2.05, 4.69) is 11.8 Å². The highest BCUT2D eigenvalue weighted by molar-refractivity contribution is 5.73. The van der Waals surface area contributed by atoms with Gasteiger partial charge in [0.25, 0.3) is 0 Å². The predicted octanol–water partition coefficient (Wildman–Crippen LogP) is 4.77. The van der Waals surface area contributed by atoms with Gasteiger partial charge in [0.1, 0.15) is 12.4 Å². The van der Waals surface area contributed by atoms with Crippen LogP contribution >= 0.6 is 0 Å². The highest BCUT2D eigenvalue weighted by Crippen LogP contribution is 2.36. The number of carboxylic acid groups (broad SMARTS) is 1. The standard InChI is InChI=1S/C31H35F3O7/c1-3-10-21(11-4-2)30(39)41-24(20-40-23-13-9-12-22(18-23)31(32,33)34)16-17-26-25(27(35)19-28(26)36)14-7-5-6-8-15-29(37)38/h1-2,5,7,9,12-13,16-18,21,24-28,35-36H,6,8,10-11,14-15,19-20H2,(H,37,38)/b7-5+,17-16+/t24-,25-,26-,27+,28-/m1/s1. The first kappa shape index (κ1) is 33.5. The van der Waals surface area contributed by atoms with Crippen LogP contribution in [0.25, 0.3) is 0 Å². The Morgan fingerprint density at radius 2 is 1.83 bits per heavy atom. The number of aliphatic carboxylic acids is 1. The molecule has 3 N–H and O–H groups in total. The van der Waals surface area contributed by atoms with Gasteiger partial charge in [-0.1, -0.05) is 24.3 Å². The minimum atomic E-state index is -4.57. The second-order valence-electron chi connectivity index (χ2n) is 9.81. The van der Waals surface area contributed by atoms with Gasteiger partial charge >= 0.3 is 18.1 Å². The molecule has 0 aliphatic heterocycles. The number of hydrogen-bond donors (Lipinski definition) is 3. The van der Waals surface area contributed by atoms with E-state index in [9.17, 15) is 33.0 Å². The number of benzene rings is 1. The van der Waals surface area contributed by atoms with Gasteiger partial charge in [0.05, 0.1) is 23.7 Å². The summed E-state index contributed by atoms with van der Waals surface area (Å²) in [5.41, 5.74) is -0.899. The van der Waals surface area contributed by atoms with E-state index in [0.717, 1.165) is 12.1 Å². The summed E-state index contributed by atoms with van der Waals surface area (Å²) in [5.74, 6) is 1.40. The van der Waals surface area contributed by atoms with E-state index >= 15 is 0 Å². The van der Waals surface area contributed by atoms with Crippen LogP contribution in [-0.2, 0) is 20.5 Å². The van der Waals surface area contributed by atoms with Crippen LogP contribution in [-0.4, -0.2) is 52.2 Å². The number of carbonyl (C=O) groups is 2. The van der Waals surface area contributed by atoms with E-state index in [1.807, 2.05) is 12.2 Å². The lowest BCUT2D eigenvalue weighted by molar-refractivity contribution is -0.152. The number of ether oxygens (including phenoxy) is 2. The van der Waals surface area contributed by atoms with E-state index in [0.29, 0.717) is 19.3 Å². The quantitative estimate of drug-likeness (QED) is 0.119. The summed E-state index contributed by atoms with van der Waals surface area (Å²) >= 11 is 0. The van der Waals surface area contributed by atoms with E-state index in [4.69, 9.17) is 27.4 Å². The summed E-state index contributed by atoms with van der Waals surface area (Å²) < 4.78 is 50.4. The van der Waals surface area contributed by atoms with Crippen LogP contribution in [0.2, 0.25) is 0 Å². The topological polar surface area (TPSA) is 113 Å². The number of carbonyl (C=O) groups excluding carboxylic acids is 1. The van der Waals surface area contributed by atoms with Crippen molar-refractivity contribution >= 4 is 11.9 Å². The fourth-order valence-corrected chi connectivity index (χ4v) is 4.54. The molecule has 0 amide bonds. The Hall–Kier alpha value is -3.73. The normalized spacial score (nSPS) is 21.6. The minimum absolute atomic E-state index is 0.0301. The smallest absolute Gasteiger partial charge is 0.416 e. The summed E-state index contributed by atoms with van der Waals surface area (Å²) in [4.78, 5) is 23.4. The van der Waals surface area contributed by atoms with E-state index in [-0.39, 0.29) is 44.0 Å². The molecule has 7 nitrogen and oxygen atoms in total. The molecular weight excluding hydrogens is 541 g/mol. The summed E-state index contributed by atoms with van der Waals surface area (Å²) in [6.45, 7) is -0.331. The number of allylic oxidation sites excluding steroid dienone is 2. The van der Waals surface area contributed by atoms with Gasteiger partial charge in [-0.2, -0.15) is 13.2 Å². The zero-order chi connectivity index (χ0) is 30.4. The third-order valence-electron chi connectivity index (χ3n) is 6.71. The van der Waals surface area contributed by atoms with Crippen molar-refractivity contribution in [2.75, 3.05) is 6.61 Å². The molecule has 0 radical (unpaired) electrons. The van der Waals surface area contributed by atoms with Crippen molar-refractivity contribution in [3.8, 4) is 30.4 Å². The number of terminal acetylenes is 2. The van der Waals surface area contributed by atoms with Crippen LogP contribution in [0.1, 0.15) is 50.5 Å². The molecule has 2 rings (SSSR count). The number of alkyl halides is 3. The summed E-state index contributed by atoms with van der Waals surface area (Å²) in [7, 11) is 0. The van der Waals surface area contributed by atoms with Gasteiger partial charge in [0.15, 0.2) is 6.10 Å². The van der Waals surface area contributed by atoms with Crippen molar-refractivity contribution < 1.29 is 47.6 Å². The van der Waals surface area contributed by atoms with Crippen molar-refractivity contribution in [3.63, 3.8) is 0 Å². The molecule has 10 heteroatoms. The lowest BCUT2D eigenvalue weighted by atomic mass is 9.89. The zero-order valence-corrected chi connectivity index (χ0v) is 22.5. The Balaban J connectivity index is 2.19. The third-order valence-corrected chi connectivity index (χ3v) is 6.71. The molecule has 1 aromatic rings. The maximum Gasteiger partial charge on any atom is 0.416 e. The Morgan fingerprint density at radius 1 is 1.12 bits per heavy atom. The fourth-order valence-electron chi connectivity index (χ4n) is 4.54.